The molecule has 3 heteroatoms. The van der Waals surface area contributed by atoms with Gasteiger partial charge in [-0.25, -0.2) is 4.99 Å². The van der Waals surface area contributed by atoms with E-state index in [2.05, 4.69) is 48.3 Å². The number of aryl methyl sites for hydroxylation is 1. The van der Waals surface area contributed by atoms with E-state index in [0.717, 1.165) is 23.2 Å². The maximum atomic E-state index is 6.24. The molecule has 3 rings (SSSR count). The van der Waals surface area contributed by atoms with Gasteiger partial charge >= 0.3 is 0 Å². The first-order valence-electron chi connectivity index (χ1n) is 7.83. The molecule has 0 unspecified atom stereocenters. The first-order chi connectivity index (χ1) is 11.2. The summed E-state index contributed by atoms with van der Waals surface area (Å²) in [4.78, 5) is 6.50. The Morgan fingerprint density at radius 3 is 2.57 bits per heavy atom. The minimum atomic E-state index is 0.481. The molecule has 116 valence electrons. The van der Waals surface area contributed by atoms with Crippen LogP contribution in [0.15, 0.2) is 71.7 Å². The van der Waals surface area contributed by atoms with Gasteiger partial charge in [0.15, 0.2) is 0 Å². The number of rotatable bonds is 3. The second-order valence-corrected chi connectivity index (χ2v) is 5.55. The summed E-state index contributed by atoms with van der Waals surface area (Å²) in [6.45, 7) is 2.13. The van der Waals surface area contributed by atoms with Crippen molar-refractivity contribution in [1.29, 1.82) is 0 Å². The van der Waals surface area contributed by atoms with Gasteiger partial charge < -0.3 is 10.6 Å². The fraction of sp³-hybridized carbons (Fsp3) is 0.150. The van der Waals surface area contributed by atoms with E-state index in [1.165, 1.54) is 10.9 Å². The zero-order valence-corrected chi connectivity index (χ0v) is 13.5. The zero-order valence-electron chi connectivity index (χ0n) is 13.5. The zero-order chi connectivity index (χ0) is 16.2. The molecule has 0 atom stereocenters. The molecule has 3 nitrogen and oxygen atoms in total. The molecule has 23 heavy (non-hydrogen) atoms. The third-order valence-electron chi connectivity index (χ3n) is 4.03. The topological polar surface area (TPSA) is 41.6 Å². The summed E-state index contributed by atoms with van der Waals surface area (Å²) in [6, 6.07) is 22.7. The number of nitrogens with two attached hydrogens (primary N) is 1. The second kappa shape index (κ2) is 6.53. The minimum absolute atomic E-state index is 0.481. The lowest BCUT2D eigenvalue weighted by atomic mass is 10.1. The Kier molecular flexibility index (Phi) is 4.29. The standard InChI is InChI=1S/C20H21N3/c1-3-15-8-6-11-17(14-15)22-20(21)23(2)19-13-7-10-16-9-4-5-12-18(16)19/h4-14H,3H2,1-2H3,(H2,21,22). The highest BCUT2D eigenvalue weighted by atomic mass is 15.2. The van der Waals surface area contributed by atoms with Crippen molar-refractivity contribution in [2.75, 3.05) is 11.9 Å². The van der Waals surface area contributed by atoms with Crippen LogP contribution in [0.3, 0.4) is 0 Å². The molecule has 0 aliphatic rings. The molecule has 0 aliphatic carbocycles. The molecule has 0 spiro atoms. The van der Waals surface area contributed by atoms with Crippen LogP contribution < -0.4 is 10.6 Å². The highest BCUT2D eigenvalue weighted by Crippen LogP contribution is 2.26. The highest BCUT2D eigenvalue weighted by Gasteiger charge is 2.09. The first kappa shape index (κ1) is 15.1. The molecule has 0 fully saturated rings. The molecule has 0 amide bonds. The fourth-order valence-electron chi connectivity index (χ4n) is 2.68. The van der Waals surface area contributed by atoms with Crippen LogP contribution in [-0.2, 0) is 6.42 Å². The first-order valence-corrected chi connectivity index (χ1v) is 7.83. The van der Waals surface area contributed by atoms with Gasteiger partial charge in [-0.2, -0.15) is 0 Å². The molecule has 0 aromatic heterocycles. The Hall–Kier alpha value is -2.81. The summed E-state index contributed by atoms with van der Waals surface area (Å²) < 4.78 is 0. The van der Waals surface area contributed by atoms with E-state index in [1.807, 2.05) is 42.3 Å². The molecule has 0 saturated carbocycles. The molecule has 0 saturated heterocycles. The second-order valence-electron chi connectivity index (χ2n) is 5.55. The van der Waals surface area contributed by atoms with E-state index >= 15 is 0 Å². The summed E-state index contributed by atoms with van der Waals surface area (Å²) in [6.07, 6.45) is 0.989. The average Bonchev–Trinajstić information content (AvgIpc) is 2.60. The minimum Gasteiger partial charge on any atom is -0.369 e. The number of anilines is 1. The maximum absolute atomic E-state index is 6.24. The van der Waals surface area contributed by atoms with Crippen LogP contribution in [0, 0.1) is 0 Å². The molecule has 3 aromatic carbocycles. The van der Waals surface area contributed by atoms with Crippen molar-refractivity contribution in [1.82, 2.24) is 0 Å². The monoisotopic (exact) mass is 303 g/mol. The number of aliphatic imine (C=N–C) groups is 1. The maximum Gasteiger partial charge on any atom is 0.200 e. The molecule has 0 heterocycles. The Morgan fingerprint density at radius 2 is 1.74 bits per heavy atom. The van der Waals surface area contributed by atoms with Crippen LogP contribution in [0.25, 0.3) is 10.8 Å². The SMILES string of the molecule is CCc1cccc(N=C(N)N(C)c2cccc3ccccc23)c1. The third kappa shape index (κ3) is 3.19. The van der Waals surface area contributed by atoms with Gasteiger partial charge in [0.25, 0.3) is 0 Å². The molecular weight excluding hydrogens is 282 g/mol. The van der Waals surface area contributed by atoms with E-state index in [4.69, 9.17) is 5.73 Å². The summed E-state index contributed by atoms with van der Waals surface area (Å²) in [7, 11) is 1.95. The normalized spacial score (nSPS) is 11.7. The predicted molar refractivity (Wildman–Crippen MR) is 99.5 cm³/mol. The van der Waals surface area contributed by atoms with Gasteiger partial charge in [0, 0.05) is 12.4 Å². The van der Waals surface area contributed by atoms with Crippen LogP contribution in [0.4, 0.5) is 11.4 Å². The Labute approximate surface area is 137 Å². The van der Waals surface area contributed by atoms with E-state index in [0.29, 0.717) is 5.96 Å². The molecule has 3 aromatic rings. The molecule has 0 bridgehead atoms. The van der Waals surface area contributed by atoms with Gasteiger partial charge in [-0.3, -0.25) is 0 Å². The molecule has 0 radical (unpaired) electrons. The van der Waals surface area contributed by atoms with E-state index in [1.54, 1.807) is 0 Å². The van der Waals surface area contributed by atoms with Gasteiger partial charge in [0.05, 0.1) is 11.4 Å². The summed E-state index contributed by atoms with van der Waals surface area (Å²) in [5.74, 6) is 0.481. The van der Waals surface area contributed by atoms with E-state index in [9.17, 15) is 0 Å². The van der Waals surface area contributed by atoms with Crippen LogP contribution in [-0.4, -0.2) is 13.0 Å². The Balaban J connectivity index is 1.97. The number of hydrogen-bond acceptors (Lipinski definition) is 1. The summed E-state index contributed by atoms with van der Waals surface area (Å²) >= 11 is 0. The number of guanidine groups is 1. The lowest BCUT2D eigenvalue weighted by Gasteiger charge is -2.20. The van der Waals surface area contributed by atoms with Crippen molar-refractivity contribution >= 4 is 28.1 Å². The largest absolute Gasteiger partial charge is 0.369 e. The molecule has 0 aliphatic heterocycles. The third-order valence-corrected chi connectivity index (χ3v) is 4.03. The van der Waals surface area contributed by atoms with Crippen LogP contribution in [0.5, 0.6) is 0 Å². The van der Waals surface area contributed by atoms with Crippen molar-refractivity contribution < 1.29 is 0 Å². The lowest BCUT2D eigenvalue weighted by Crippen LogP contribution is -2.33. The Morgan fingerprint density at radius 1 is 1.00 bits per heavy atom. The van der Waals surface area contributed by atoms with Crippen molar-refractivity contribution in [3.05, 3.63) is 72.3 Å². The van der Waals surface area contributed by atoms with Crippen molar-refractivity contribution in [2.45, 2.75) is 13.3 Å². The molecular formula is C20H21N3. The quantitative estimate of drug-likeness (QED) is 0.572. The lowest BCUT2D eigenvalue weighted by molar-refractivity contribution is 1.14. The summed E-state index contributed by atoms with van der Waals surface area (Å²) in [5.41, 5.74) is 9.43. The number of benzene rings is 3. The van der Waals surface area contributed by atoms with Crippen LogP contribution >= 0.6 is 0 Å². The van der Waals surface area contributed by atoms with Crippen molar-refractivity contribution in [2.24, 2.45) is 10.7 Å². The van der Waals surface area contributed by atoms with Crippen molar-refractivity contribution in [3.8, 4) is 0 Å². The van der Waals surface area contributed by atoms with Crippen molar-refractivity contribution in [3.63, 3.8) is 0 Å². The van der Waals surface area contributed by atoms with Gasteiger partial charge in [0.1, 0.15) is 0 Å². The predicted octanol–water partition coefficient (Wildman–Crippen LogP) is 4.48. The average molecular weight is 303 g/mol. The van der Waals surface area contributed by atoms with Gasteiger partial charge in [-0.1, -0.05) is 55.5 Å². The smallest absolute Gasteiger partial charge is 0.200 e. The van der Waals surface area contributed by atoms with Crippen LogP contribution in [0.2, 0.25) is 0 Å². The van der Waals surface area contributed by atoms with Gasteiger partial charge in [-0.15, -0.1) is 0 Å². The molecule has 2 N–H and O–H groups in total. The van der Waals surface area contributed by atoms with Crippen LogP contribution in [0.1, 0.15) is 12.5 Å². The van der Waals surface area contributed by atoms with E-state index in [-0.39, 0.29) is 0 Å². The number of fused-ring (bicyclic) bond motifs is 1. The fourth-order valence-corrected chi connectivity index (χ4v) is 2.68. The van der Waals surface area contributed by atoms with Gasteiger partial charge in [0.2, 0.25) is 5.96 Å². The Bertz CT molecular complexity index is 847. The summed E-state index contributed by atoms with van der Waals surface area (Å²) in [5, 5.41) is 2.36. The van der Waals surface area contributed by atoms with E-state index < -0.39 is 0 Å². The highest BCUT2D eigenvalue weighted by molar-refractivity contribution is 6.04. The number of nitrogens with zero attached hydrogens (tertiary/aromatic N) is 2. The van der Waals surface area contributed by atoms with Gasteiger partial charge in [-0.05, 0) is 35.6 Å². The number of hydrogen-bond donors (Lipinski definition) is 1.